The van der Waals surface area contributed by atoms with Crippen molar-refractivity contribution in [2.24, 2.45) is 5.41 Å². The Balaban J connectivity index is 2.00. The second kappa shape index (κ2) is 6.27. The molecule has 0 saturated heterocycles. The van der Waals surface area contributed by atoms with Crippen LogP contribution in [0.1, 0.15) is 48.0 Å². The Morgan fingerprint density at radius 2 is 2.05 bits per heavy atom. The monoisotopic (exact) mass is 276 g/mol. The summed E-state index contributed by atoms with van der Waals surface area (Å²) >= 11 is 0. The summed E-state index contributed by atoms with van der Waals surface area (Å²) in [6.45, 7) is 2.58. The molecule has 20 heavy (non-hydrogen) atoms. The number of benzene rings is 1. The first-order chi connectivity index (χ1) is 9.56. The Morgan fingerprint density at radius 3 is 2.65 bits per heavy atom. The van der Waals surface area contributed by atoms with E-state index in [1.807, 2.05) is 6.92 Å². The van der Waals surface area contributed by atoms with Crippen molar-refractivity contribution in [1.82, 2.24) is 5.32 Å². The van der Waals surface area contributed by atoms with Crippen molar-refractivity contribution in [2.45, 2.75) is 39.0 Å². The molecule has 4 nitrogen and oxygen atoms in total. The number of hydrogen-bond acceptors (Lipinski definition) is 3. The van der Waals surface area contributed by atoms with Gasteiger partial charge < -0.3 is 16.2 Å². The molecule has 0 heterocycles. The third kappa shape index (κ3) is 3.31. The lowest BCUT2D eigenvalue weighted by molar-refractivity contribution is 0.0718. The van der Waals surface area contributed by atoms with Gasteiger partial charge in [0.15, 0.2) is 0 Å². The van der Waals surface area contributed by atoms with Crippen molar-refractivity contribution >= 4 is 11.6 Å². The molecule has 0 radical (unpaired) electrons. The molecule has 0 spiro atoms. The molecule has 0 bridgehead atoms. The van der Waals surface area contributed by atoms with Gasteiger partial charge in [0.05, 0.1) is 6.61 Å². The Morgan fingerprint density at radius 1 is 1.35 bits per heavy atom. The van der Waals surface area contributed by atoms with Crippen molar-refractivity contribution < 1.29 is 9.90 Å². The topological polar surface area (TPSA) is 75.4 Å². The predicted molar refractivity (Wildman–Crippen MR) is 80.5 cm³/mol. The number of nitrogens with two attached hydrogens (primary N) is 1. The summed E-state index contributed by atoms with van der Waals surface area (Å²) in [5.74, 6) is -0.0825. The number of hydrogen-bond donors (Lipinski definition) is 3. The van der Waals surface area contributed by atoms with Gasteiger partial charge in [-0.1, -0.05) is 19.3 Å². The van der Waals surface area contributed by atoms with Crippen molar-refractivity contribution in [3.63, 3.8) is 0 Å². The Labute approximate surface area is 120 Å². The molecule has 4 heteroatoms. The van der Waals surface area contributed by atoms with Gasteiger partial charge in [-0.15, -0.1) is 0 Å². The standard InChI is InChI=1S/C16H24N2O2/c1-12-9-13(17)5-6-14(12)15(20)18-10-16(11-19)7-3-2-4-8-16/h5-6,9,19H,2-4,7-8,10-11,17H2,1H3,(H,18,20). The number of aliphatic hydroxyl groups excluding tert-OH is 1. The Bertz CT molecular complexity index is 479. The van der Waals surface area contributed by atoms with Crippen LogP contribution >= 0.6 is 0 Å². The van der Waals surface area contributed by atoms with Gasteiger partial charge >= 0.3 is 0 Å². The zero-order valence-electron chi connectivity index (χ0n) is 12.1. The normalized spacial score (nSPS) is 17.7. The van der Waals surface area contributed by atoms with Gasteiger partial charge in [-0.3, -0.25) is 4.79 Å². The smallest absolute Gasteiger partial charge is 0.251 e. The molecule has 1 aliphatic rings. The molecule has 1 aromatic rings. The van der Waals surface area contributed by atoms with Crippen LogP contribution in [-0.4, -0.2) is 24.2 Å². The third-order valence-corrected chi connectivity index (χ3v) is 4.37. The molecular formula is C16H24N2O2. The molecule has 1 saturated carbocycles. The minimum Gasteiger partial charge on any atom is -0.399 e. The van der Waals surface area contributed by atoms with Crippen LogP contribution in [0.4, 0.5) is 5.69 Å². The number of carbonyl (C=O) groups is 1. The molecule has 2 rings (SSSR count). The SMILES string of the molecule is Cc1cc(N)ccc1C(=O)NCC1(CO)CCCCC1. The number of aliphatic hydroxyl groups is 1. The van der Waals surface area contributed by atoms with Crippen LogP contribution in [0.15, 0.2) is 18.2 Å². The van der Waals surface area contributed by atoms with Gasteiger partial charge in [0.2, 0.25) is 0 Å². The number of rotatable bonds is 4. The van der Waals surface area contributed by atoms with E-state index in [1.54, 1.807) is 18.2 Å². The summed E-state index contributed by atoms with van der Waals surface area (Å²) in [4.78, 5) is 12.2. The van der Waals surface area contributed by atoms with Gasteiger partial charge in [-0.25, -0.2) is 0 Å². The van der Waals surface area contributed by atoms with E-state index in [-0.39, 0.29) is 17.9 Å². The van der Waals surface area contributed by atoms with Crippen LogP contribution in [-0.2, 0) is 0 Å². The maximum Gasteiger partial charge on any atom is 0.251 e. The number of anilines is 1. The fraction of sp³-hybridized carbons (Fsp3) is 0.562. The van der Waals surface area contributed by atoms with Crippen molar-refractivity contribution in [3.8, 4) is 0 Å². The Kier molecular flexibility index (Phi) is 4.65. The summed E-state index contributed by atoms with van der Waals surface area (Å²) in [6.07, 6.45) is 5.48. The van der Waals surface area contributed by atoms with Gasteiger partial charge in [0, 0.05) is 23.2 Å². The summed E-state index contributed by atoms with van der Waals surface area (Å²) in [5.41, 5.74) is 7.77. The van der Waals surface area contributed by atoms with E-state index in [4.69, 9.17) is 5.73 Å². The van der Waals surface area contributed by atoms with Crippen LogP contribution in [0.2, 0.25) is 0 Å². The highest BCUT2D eigenvalue weighted by atomic mass is 16.3. The fourth-order valence-corrected chi connectivity index (χ4v) is 3.00. The molecule has 1 fully saturated rings. The molecular weight excluding hydrogens is 252 g/mol. The molecule has 1 amide bonds. The molecule has 1 aromatic carbocycles. The zero-order valence-corrected chi connectivity index (χ0v) is 12.1. The van der Waals surface area contributed by atoms with Crippen LogP contribution in [0.3, 0.4) is 0 Å². The summed E-state index contributed by atoms with van der Waals surface area (Å²) in [7, 11) is 0. The number of nitrogen functional groups attached to an aromatic ring is 1. The zero-order chi connectivity index (χ0) is 14.6. The highest BCUT2D eigenvalue weighted by Gasteiger charge is 2.31. The van der Waals surface area contributed by atoms with E-state index in [9.17, 15) is 9.90 Å². The highest BCUT2D eigenvalue weighted by molar-refractivity contribution is 5.96. The van der Waals surface area contributed by atoms with Crippen molar-refractivity contribution in [3.05, 3.63) is 29.3 Å². The first-order valence-corrected chi connectivity index (χ1v) is 7.31. The molecule has 0 aliphatic heterocycles. The van der Waals surface area contributed by atoms with E-state index in [0.717, 1.165) is 31.2 Å². The largest absolute Gasteiger partial charge is 0.399 e. The van der Waals surface area contributed by atoms with Gasteiger partial charge in [0.25, 0.3) is 5.91 Å². The third-order valence-electron chi connectivity index (χ3n) is 4.37. The molecule has 1 aliphatic carbocycles. The summed E-state index contributed by atoms with van der Waals surface area (Å²) in [5, 5.41) is 12.6. The summed E-state index contributed by atoms with van der Waals surface area (Å²) in [6, 6.07) is 5.30. The number of nitrogens with one attached hydrogen (secondary N) is 1. The van der Waals surface area contributed by atoms with E-state index in [1.165, 1.54) is 6.42 Å². The van der Waals surface area contributed by atoms with E-state index in [2.05, 4.69) is 5.32 Å². The molecule has 0 atom stereocenters. The van der Waals surface area contributed by atoms with Crippen molar-refractivity contribution in [2.75, 3.05) is 18.9 Å². The number of aryl methyl sites for hydroxylation is 1. The Hall–Kier alpha value is -1.55. The molecule has 4 N–H and O–H groups in total. The minimum atomic E-state index is -0.129. The van der Waals surface area contributed by atoms with Crippen molar-refractivity contribution in [1.29, 1.82) is 0 Å². The predicted octanol–water partition coefficient (Wildman–Crippen LogP) is 2.25. The van der Waals surface area contributed by atoms with Gasteiger partial charge in [-0.2, -0.15) is 0 Å². The molecule has 0 unspecified atom stereocenters. The van der Waals surface area contributed by atoms with E-state index >= 15 is 0 Å². The minimum absolute atomic E-state index is 0.0825. The quantitative estimate of drug-likeness (QED) is 0.738. The van der Waals surface area contributed by atoms with Crippen LogP contribution in [0.25, 0.3) is 0 Å². The first-order valence-electron chi connectivity index (χ1n) is 7.31. The lowest BCUT2D eigenvalue weighted by Crippen LogP contribution is -2.41. The molecule has 0 aromatic heterocycles. The van der Waals surface area contributed by atoms with E-state index in [0.29, 0.717) is 17.8 Å². The van der Waals surface area contributed by atoms with Gasteiger partial charge in [0.1, 0.15) is 0 Å². The maximum absolute atomic E-state index is 12.2. The first kappa shape index (κ1) is 14.9. The second-order valence-electron chi connectivity index (χ2n) is 5.98. The second-order valence-corrected chi connectivity index (χ2v) is 5.98. The summed E-state index contributed by atoms with van der Waals surface area (Å²) < 4.78 is 0. The van der Waals surface area contributed by atoms with E-state index < -0.39 is 0 Å². The van der Waals surface area contributed by atoms with Crippen LogP contribution in [0.5, 0.6) is 0 Å². The van der Waals surface area contributed by atoms with Gasteiger partial charge in [-0.05, 0) is 43.5 Å². The number of carbonyl (C=O) groups excluding carboxylic acids is 1. The fourth-order valence-electron chi connectivity index (χ4n) is 3.00. The number of amides is 1. The maximum atomic E-state index is 12.2. The van der Waals surface area contributed by atoms with Crippen LogP contribution < -0.4 is 11.1 Å². The lowest BCUT2D eigenvalue weighted by Gasteiger charge is -2.35. The lowest BCUT2D eigenvalue weighted by atomic mass is 9.74. The van der Waals surface area contributed by atoms with Crippen LogP contribution in [0, 0.1) is 12.3 Å². The average Bonchev–Trinajstić information content (AvgIpc) is 2.46. The highest BCUT2D eigenvalue weighted by Crippen LogP contribution is 2.35. The molecule has 110 valence electrons. The average molecular weight is 276 g/mol.